The van der Waals surface area contributed by atoms with Gasteiger partial charge in [-0.15, -0.1) is 0 Å². The first-order chi connectivity index (χ1) is 13.4. The fourth-order valence-electron chi connectivity index (χ4n) is 3.35. The smallest absolute Gasteiger partial charge is 0.415 e. The fraction of sp³-hybridized carbons (Fsp3) is 0.579. The number of benzene rings is 1. The number of ether oxygens (including phenoxy) is 1. The number of alkyl halides is 3. The van der Waals surface area contributed by atoms with Gasteiger partial charge in [-0.1, -0.05) is 0 Å². The molecular formula is C19H23F3N4O2. The molecule has 1 aromatic heterocycles. The van der Waals surface area contributed by atoms with E-state index < -0.39 is 12.3 Å². The Bertz CT molecular complexity index is 820. The number of aliphatic hydroxyl groups is 1. The molecule has 152 valence electrons. The maximum absolute atomic E-state index is 12.5. The molecule has 0 bridgehead atoms. The van der Waals surface area contributed by atoms with Gasteiger partial charge in [-0.05, 0) is 37.0 Å². The molecule has 4 rings (SSSR count). The van der Waals surface area contributed by atoms with Gasteiger partial charge in [-0.2, -0.15) is 13.2 Å². The third kappa shape index (κ3) is 4.47. The summed E-state index contributed by atoms with van der Waals surface area (Å²) in [7, 11) is 0. The molecule has 1 saturated carbocycles. The molecule has 9 heteroatoms. The molecule has 28 heavy (non-hydrogen) atoms. The molecule has 1 saturated heterocycles. The fourth-order valence-corrected chi connectivity index (χ4v) is 3.35. The highest BCUT2D eigenvalue weighted by atomic mass is 19.4. The average molecular weight is 396 g/mol. The van der Waals surface area contributed by atoms with Crippen LogP contribution in [0.2, 0.25) is 0 Å². The second kappa shape index (κ2) is 7.71. The van der Waals surface area contributed by atoms with E-state index in [4.69, 9.17) is 4.74 Å². The van der Waals surface area contributed by atoms with Crippen LogP contribution in [0.4, 0.5) is 18.9 Å². The molecule has 1 aliphatic carbocycles. The van der Waals surface area contributed by atoms with Gasteiger partial charge in [0.2, 0.25) is 5.88 Å². The monoisotopic (exact) mass is 396 g/mol. The number of fused-ring (bicyclic) bond motifs is 1. The van der Waals surface area contributed by atoms with Crippen LogP contribution < -0.4 is 9.64 Å². The Labute approximate surface area is 160 Å². The van der Waals surface area contributed by atoms with Crippen molar-refractivity contribution in [2.75, 3.05) is 44.2 Å². The van der Waals surface area contributed by atoms with Crippen LogP contribution in [0.25, 0.3) is 10.9 Å². The molecule has 1 aliphatic heterocycles. The Morgan fingerprint density at radius 3 is 2.57 bits per heavy atom. The number of rotatable bonds is 6. The van der Waals surface area contributed by atoms with E-state index in [0.717, 1.165) is 16.6 Å². The Morgan fingerprint density at radius 2 is 1.89 bits per heavy atom. The summed E-state index contributed by atoms with van der Waals surface area (Å²) in [4.78, 5) is 12.3. The first-order valence-electron chi connectivity index (χ1n) is 9.50. The number of β-amino-alcohol motifs (C(OH)–C–C–N with tert-alkyl or cyclic N) is 1. The van der Waals surface area contributed by atoms with Crippen molar-refractivity contribution in [2.45, 2.75) is 25.1 Å². The largest absolute Gasteiger partial charge is 0.477 e. The minimum Gasteiger partial charge on any atom is -0.477 e. The van der Waals surface area contributed by atoms with Gasteiger partial charge in [0.1, 0.15) is 6.33 Å². The van der Waals surface area contributed by atoms with Crippen LogP contribution >= 0.6 is 0 Å². The van der Waals surface area contributed by atoms with Crippen molar-refractivity contribution in [1.29, 1.82) is 0 Å². The Morgan fingerprint density at radius 1 is 1.14 bits per heavy atom. The first kappa shape index (κ1) is 19.2. The van der Waals surface area contributed by atoms with Gasteiger partial charge in [0.25, 0.3) is 0 Å². The SMILES string of the molecule is OC(CN1CCN(c2ccc3ncnc(OCC4CC4)c3c2)CC1)C(F)(F)F. The van der Waals surface area contributed by atoms with E-state index in [0.29, 0.717) is 44.6 Å². The van der Waals surface area contributed by atoms with Crippen molar-refractivity contribution in [3.8, 4) is 5.88 Å². The number of anilines is 1. The van der Waals surface area contributed by atoms with Gasteiger partial charge in [0.15, 0.2) is 6.10 Å². The van der Waals surface area contributed by atoms with Crippen LogP contribution in [0.1, 0.15) is 12.8 Å². The predicted octanol–water partition coefficient (Wildman–Crippen LogP) is 2.46. The molecule has 2 fully saturated rings. The third-order valence-electron chi connectivity index (χ3n) is 5.28. The van der Waals surface area contributed by atoms with Crippen LogP contribution in [-0.4, -0.2) is 71.6 Å². The summed E-state index contributed by atoms with van der Waals surface area (Å²) in [6, 6.07) is 5.86. The molecule has 2 aromatic rings. The molecule has 6 nitrogen and oxygen atoms in total. The number of piperazine rings is 1. The van der Waals surface area contributed by atoms with Gasteiger partial charge in [0.05, 0.1) is 17.5 Å². The minimum absolute atomic E-state index is 0.387. The second-order valence-electron chi connectivity index (χ2n) is 7.48. The number of hydrogen-bond donors (Lipinski definition) is 1. The number of aromatic nitrogens is 2. The maximum atomic E-state index is 12.5. The van der Waals surface area contributed by atoms with Crippen molar-refractivity contribution in [1.82, 2.24) is 14.9 Å². The van der Waals surface area contributed by atoms with E-state index in [9.17, 15) is 18.3 Å². The summed E-state index contributed by atoms with van der Waals surface area (Å²) in [6.07, 6.45) is -2.99. The number of hydrogen-bond acceptors (Lipinski definition) is 6. The molecule has 1 aromatic carbocycles. The lowest BCUT2D eigenvalue weighted by Gasteiger charge is -2.37. The molecule has 2 heterocycles. The van der Waals surface area contributed by atoms with E-state index in [-0.39, 0.29) is 6.54 Å². The summed E-state index contributed by atoms with van der Waals surface area (Å²) < 4.78 is 43.5. The Kier molecular flexibility index (Phi) is 5.29. The minimum atomic E-state index is -4.58. The molecule has 0 spiro atoms. The summed E-state index contributed by atoms with van der Waals surface area (Å²) in [5, 5.41) is 10.1. The number of nitrogens with zero attached hydrogens (tertiary/aromatic N) is 4. The van der Waals surface area contributed by atoms with E-state index in [1.807, 2.05) is 18.2 Å². The molecule has 1 unspecified atom stereocenters. The van der Waals surface area contributed by atoms with Gasteiger partial charge in [0, 0.05) is 38.4 Å². The maximum Gasteiger partial charge on any atom is 0.415 e. The van der Waals surface area contributed by atoms with Crippen LogP contribution in [0.15, 0.2) is 24.5 Å². The van der Waals surface area contributed by atoms with Gasteiger partial charge >= 0.3 is 6.18 Å². The highest BCUT2D eigenvalue weighted by molar-refractivity contribution is 5.86. The zero-order valence-corrected chi connectivity index (χ0v) is 15.4. The van der Waals surface area contributed by atoms with Crippen LogP contribution in [0.3, 0.4) is 0 Å². The van der Waals surface area contributed by atoms with Crippen molar-refractivity contribution < 1.29 is 23.0 Å². The lowest BCUT2D eigenvalue weighted by Crippen LogP contribution is -2.50. The Balaban J connectivity index is 1.42. The van der Waals surface area contributed by atoms with Crippen molar-refractivity contribution >= 4 is 16.6 Å². The average Bonchev–Trinajstić information content (AvgIpc) is 3.50. The zero-order valence-electron chi connectivity index (χ0n) is 15.4. The molecule has 0 amide bonds. The highest BCUT2D eigenvalue weighted by Gasteiger charge is 2.39. The van der Waals surface area contributed by atoms with E-state index >= 15 is 0 Å². The number of aliphatic hydroxyl groups excluding tert-OH is 1. The third-order valence-corrected chi connectivity index (χ3v) is 5.28. The highest BCUT2D eigenvalue weighted by Crippen LogP contribution is 2.32. The summed E-state index contributed by atoms with van der Waals surface area (Å²) in [5.74, 6) is 1.19. The Hall–Kier alpha value is -2.13. The van der Waals surface area contributed by atoms with Crippen molar-refractivity contribution in [3.63, 3.8) is 0 Å². The normalized spacial score (nSPS) is 19.8. The summed E-state index contributed by atoms with van der Waals surface area (Å²) in [5.41, 5.74) is 1.77. The molecule has 0 radical (unpaired) electrons. The number of halogens is 3. The topological polar surface area (TPSA) is 61.7 Å². The lowest BCUT2D eigenvalue weighted by atomic mass is 10.1. The molecule has 1 atom stereocenters. The zero-order chi connectivity index (χ0) is 19.7. The molecular weight excluding hydrogens is 373 g/mol. The van der Waals surface area contributed by atoms with Crippen LogP contribution in [0.5, 0.6) is 5.88 Å². The molecule has 1 N–H and O–H groups in total. The molecule has 2 aliphatic rings. The van der Waals surface area contributed by atoms with Crippen molar-refractivity contribution in [3.05, 3.63) is 24.5 Å². The van der Waals surface area contributed by atoms with Gasteiger partial charge < -0.3 is 14.7 Å². The summed E-state index contributed by atoms with van der Waals surface area (Å²) >= 11 is 0. The quantitative estimate of drug-likeness (QED) is 0.810. The second-order valence-corrected chi connectivity index (χ2v) is 7.48. The van der Waals surface area contributed by atoms with E-state index in [1.165, 1.54) is 19.2 Å². The van der Waals surface area contributed by atoms with Gasteiger partial charge in [-0.3, -0.25) is 4.90 Å². The standard InChI is InChI=1S/C19H23F3N4O2/c20-19(21,22)17(27)10-25-5-7-26(8-6-25)14-3-4-16-15(9-14)18(24-12-23-16)28-11-13-1-2-13/h3-4,9,12-13,17,27H,1-2,5-8,10-11H2. The van der Waals surface area contributed by atoms with E-state index in [2.05, 4.69) is 14.9 Å². The van der Waals surface area contributed by atoms with Crippen LogP contribution in [-0.2, 0) is 0 Å². The van der Waals surface area contributed by atoms with Crippen LogP contribution in [0, 0.1) is 5.92 Å². The van der Waals surface area contributed by atoms with Gasteiger partial charge in [-0.25, -0.2) is 9.97 Å². The summed E-state index contributed by atoms with van der Waals surface area (Å²) in [6.45, 7) is 2.37. The predicted molar refractivity (Wildman–Crippen MR) is 98.5 cm³/mol. The van der Waals surface area contributed by atoms with E-state index in [1.54, 1.807) is 4.90 Å². The lowest BCUT2D eigenvalue weighted by molar-refractivity contribution is -0.208. The first-order valence-corrected chi connectivity index (χ1v) is 9.50. The van der Waals surface area contributed by atoms with Crippen molar-refractivity contribution in [2.24, 2.45) is 5.92 Å².